The number of ether oxygens (including phenoxy) is 1. The molecule has 144 valence electrons. The van der Waals surface area contributed by atoms with Crippen LogP contribution in [-0.4, -0.2) is 35.2 Å². The van der Waals surface area contributed by atoms with Crippen molar-refractivity contribution in [2.75, 3.05) is 35.7 Å². The molecule has 3 aromatic rings. The topological polar surface area (TPSA) is 75.2 Å². The number of benzene rings is 2. The van der Waals surface area contributed by atoms with Crippen molar-refractivity contribution in [1.29, 1.82) is 0 Å². The average Bonchev–Trinajstić information content (AvgIpc) is 3.23. The van der Waals surface area contributed by atoms with E-state index in [0.717, 1.165) is 37.4 Å². The average molecular weight is 380 g/mol. The summed E-state index contributed by atoms with van der Waals surface area (Å²) in [6.45, 7) is 1.81. The predicted octanol–water partition coefficient (Wildman–Crippen LogP) is 4.11. The van der Waals surface area contributed by atoms with Crippen molar-refractivity contribution >= 4 is 29.2 Å². The zero-order valence-electron chi connectivity index (χ0n) is 15.5. The summed E-state index contributed by atoms with van der Waals surface area (Å²) in [5, 5.41) is 6.26. The molecule has 0 spiro atoms. The fourth-order valence-corrected chi connectivity index (χ4v) is 3.06. The first-order valence-corrected chi connectivity index (χ1v) is 9.14. The molecule has 0 saturated carbocycles. The molecule has 1 aliphatic rings. The van der Waals surface area contributed by atoms with Gasteiger partial charge < -0.3 is 20.3 Å². The van der Waals surface area contributed by atoms with Gasteiger partial charge in [-0.25, -0.2) is 4.39 Å². The van der Waals surface area contributed by atoms with Gasteiger partial charge in [-0.05, 0) is 43.2 Å². The predicted molar refractivity (Wildman–Crippen MR) is 107 cm³/mol. The van der Waals surface area contributed by atoms with Crippen LogP contribution in [0.5, 0.6) is 5.75 Å². The maximum atomic E-state index is 13.5. The van der Waals surface area contributed by atoms with E-state index in [2.05, 4.69) is 30.5 Å². The van der Waals surface area contributed by atoms with E-state index in [4.69, 9.17) is 4.74 Å². The van der Waals surface area contributed by atoms with E-state index < -0.39 is 0 Å². The molecule has 7 nitrogen and oxygen atoms in total. The summed E-state index contributed by atoms with van der Waals surface area (Å²) in [5.41, 5.74) is 1.38. The number of nitrogens with one attached hydrogen (secondary N) is 2. The third-order valence-corrected chi connectivity index (χ3v) is 4.42. The summed E-state index contributed by atoms with van der Waals surface area (Å²) >= 11 is 0. The van der Waals surface area contributed by atoms with E-state index in [9.17, 15) is 4.39 Å². The van der Waals surface area contributed by atoms with Crippen LogP contribution in [0, 0.1) is 5.82 Å². The number of methoxy groups -OCH3 is 1. The van der Waals surface area contributed by atoms with Gasteiger partial charge in [0, 0.05) is 30.5 Å². The molecule has 2 N–H and O–H groups in total. The van der Waals surface area contributed by atoms with Gasteiger partial charge in [0.15, 0.2) is 0 Å². The quantitative estimate of drug-likeness (QED) is 0.667. The SMILES string of the molecule is COc1cccc(Nc2nc(Nc3cccc(F)c3)nc(N3CCCC3)n2)c1. The van der Waals surface area contributed by atoms with Gasteiger partial charge in [0.05, 0.1) is 7.11 Å². The van der Waals surface area contributed by atoms with Crippen LogP contribution in [0.1, 0.15) is 12.8 Å². The Labute approximate surface area is 162 Å². The lowest BCUT2D eigenvalue weighted by Crippen LogP contribution is -2.21. The van der Waals surface area contributed by atoms with Crippen LogP contribution < -0.4 is 20.3 Å². The molecule has 1 saturated heterocycles. The van der Waals surface area contributed by atoms with Crippen molar-refractivity contribution < 1.29 is 9.13 Å². The van der Waals surface area contributed by atoms with Crippen molar-refractivity contribution in [3.8, 4) is 5.75 Å². The first-order valence-electron chi connectivity index (χ1n) is 9.14. The smallest absolute Gasteiger partial charge is 0.233 e. The second kappa shape index (κ2) is 8.08. The molecule has 2 heterocycles. The van der Waals surface area contributed by atoms with E-state index >= 15 is 0 Å². The highest BCUT2D eigenvalue weighted by Gasteiger charge is 2.18. The number of halogens is 1. The normalized spacial score (nSPS) is 13.4. The Bertz CT molecular complexity index is 961. The van der Waals surface area contributed by atoms with Crippen LogP contribution >= 0.6 is 0 Å². The molecule has 1 aromatic heterocycles. The van der Waals surface area contributed by atoms with E-state index in [1.807, 2.05) is 24.3 Å². The van der Waals surface area contributed by atoms with Crippen LogP contribution in [0.3, 0.4) is 0 Å². The Morgan fingerprint density at radius 3 is 2.18 bits per heavy atom. The molecule has 1 aliphatic heterocycles. The molecule has 0 radical (unpaired) electrons. The van der Waals surface area contributed by atoms with Crippen LogP contribution in [-0.2, 0) is 0 Å². The zero-order chi connectivity index (χ0) is 19.3. The van der Waals surface area contributed by atoms with E-state index in [-0.39, 0.29) is 5.82 Å². The van der Waals surface area contributed by atoms with Crippen molar-refractivity contribution in [1.82, 2.24) is 15.0 Å². The highest BCUT2D eigenvalue weighted by Crippen LogP contribution is 2.24. The highest BCUT2D eigenvalue weighted by molar-refractivity contribution is 5.60. The Hall–Kier alpha value is -3.42. The molecule has 0 atom stereocenters. The standard InChI is InChI=1S/C20H21FN6O/c1-28-17-9-5-8-16(13-17)23-19-24-18(22-15-7-4-6-14(21)12-15)25-20(26-19)27-10-2-3-11-27/h4-9,12-13H,2-3,10-11H2,1H3,(H2,22,23,24,25,26). The number of rotatable bonds is 6. The van der Waals surface area contributed by atoms with Gasteiger partial charge in [0.2, 0.25) is 17.8 Å². The lowest BCUT2D eigenvalue weighted by Gasteiger charge is -2.17. The number of hydrogen-bond acceptors (Lipinski definition) is 7. The van der Waals surface area contributed by atoms with Crippen LogP contribution in [0.15, 0.2) is 48.5 Å². The molecule has 0 aliphatic carbocycles. The molecule has 28 heavy (non-hydrogen) atoms. The van der Waals surface area contributed by atoms with Crippen LogP contribution in [0.2, 0.25) is 0 Å². The molecular weight excluding hydrogens is 359 g/mol. The van der Waals surface area contributed by atoms with Gasteiger partial charge in [0.25, 0.3) is 0 Å². The van der Waals surface area contributed by atoms with Gasteiger partial charge >= 0.3 is 0 Å². The van der Waals surface area contributed by atoms with Crippen LogP contribution in [0.25, 0.3) is 0 Å². The molecule has 8 heteroatoms. The number of aromatic nitrogens is 3. The Kier molecular flexibility index (Phi) is 5.18. The number of hydrogen-bond donors (Lipinski definition) is 2. The van der Waals surface area contributed by atoms with Crippen LogP contribution in [0.4, 0.5) is 33.6 Å². The van der Waals surface area contributed by atoms with Gasteiger partial charge in [-0.2, -0.15) is 15.0 Å². The van der Waals surface area contributed by atoms with Crippen molar-refractivity contribution in [2.45, 2.75) is 12.8 Å². The van der Waals surface area contributed by atoms with Crippen molar-refractivity contribution in [3.63, 3.8) is 0 Å². The van der Waals surface area contributed by atoms with Gasteiger partial charge in [0.1, 0.15) is 11.6 Å². The van der Waals surface area contributed by atoms with E-state index in [1.54, 1.807) is 19.2 Å². The first-order chi connectivity index (χ1) is 13.7. The van der Waals surface area contributed by atoms with Gasteiger partial charge in [-0.1, -0.05) is 12.1 Å². The summed E-state index contributed by atoms with van der Waals surface area (Å²) in [6.07, 6.45) is 2.22. The van der Waals surface area contributed by atoms with E-state index in [0.29, 0.717) is 23.5 Å². The maximum absolute atomic E-state index is 13.5. The first kappa shape index (κ1) is 18.0. The summed E-state index contributed by atoms with van der Waals surface area (Å²) in [7, 11) is 1.62. The fourth-order valence-electron chi connectivity index (χ4n) is 3.06. The summed E-state index contributed by atoms with van der Waals surface area (Å²) in [4.78, 5) is 15.7. The minimum atomic E-state index is -0.325. The molecule has 0 bridgehead atoms. The third kappa shape index (κ3) is 4.28. The lowest BCUT2D eigenvalue weighted by molar-refractivity contribution is 0.415. The largest absolute Gasteiger partial charge is 0.497 e. The monoisotopic (exact) mass is 380 g/mol. The summed E-state index contributed by atoms with van der Waals surface area (Å²) in [6, 6.07) is 13.7. The second-order valence-corrected chi connectivity index (χ2v) is 6.47. The second-order valence-electron chi connectivity index (χ2n) is 6.47. The molecule has 0 unspecified atom stereocenters. The Morgan fingerprint density at radius 2 is 1.54 bits per heavy atom. The van der Waals surface area contributed by atoms with Crippen molar-refractivity contribution in [3.05, 3.63) is 54.3 Å². The Balaban J connectivity index is 1.65. The molecular formula is C20H21FN6O. The molecule has 2 aromatic carbocycles. The molecule has 0 amide bonds. The highest BCUT2D eigenvalue weighted by atomic mass is 19.1. The molecule has 4 rings (SSSR count). The maximum Gasteiger partial charge on any atom is 0.233 e. The van der Waals surface area contributed by atoms with E-state index in [1.165, 1.54) is 12.1 Å². The fraction of sp³-hybridized carbons (Fsp3) is 0.250. The number of nitrogens with zero attached hydrogens (tertiary/aromatic N) is 4. The zero-order valence-corrected chi connectivity index (χ0v) is 15.5. The minimum Gasteiger partial charge on any atom is -0.497 e. The van der Waals surface area contributed by atoms with Gasteiger partial charge in [-0.15, -0.1) is 0 Å². The Morgan fingerprint density at radius 1 is 0.893 bits per heavy atom. The van der Waals surface area contributed by atoms with Crippen molar-refractivity contribution in [2.24, 2.45) is 0 Å². The molecule has 1 fully saturated rings. The third-order valence-electron chi connectivity index (χ3n) is 4.42. The minimum absolute atomic E-state index is 0.325. The number of anilines is 5. The summed E-state index contributed by atoms with van der Waals surface area (Å²) in [5.74, 6) is 1.76. The lowest BCUT2D eigenvalue weighted by atomic mass is 10.3. The summed E-state index contributed by atoms with van der Waals surface area (Å²) < 4.78 is 18.8. The van der Waals surface area contributed by atoms with Gasteiger partial charge in [-0.3, -0.25) is 0 Å².